The molecule has 6 rings (SSSR count). The highest BCUT2D eigenvalue weighted by Gasteiger charge is 2.55. The Morgan fingerprint density at radius 1 is 0.690 bits per heavy atom. The summed E-state index contributed by atoms with van der Waals surface area (Å²) >= 11 is 0. The summed E-state index contributed by atoms with van der Waals surface area (Å²) in [5.74, 6) is -3.07. The Labute approximate surface area is 169 Å². The first-order valence-electron chi connectivity index (χ1n) is 9.82. The molecule has 3 aromatic rings. The van der Waals surface area contributed by atoms with Crippen molar-refractivity contribution >= 4 is 17.6 Å². The number of rotatable bonds is 3. The van der Waals surface area contributed by atoms with Crippen LogP contribution in [0.4, 0.5) is 5.69 Å². The smallest absolute Gasteiger partial charge is 0.308 e. The van der Waals surface area contributed by atoms with Gasteiger partial charge in [-0.25, -0.2) is 0 Å². The van der Waals surface area contributed by atoms with Crippen LogP contribution in [0.25, 0.3) is 0 Å². The number of carboxylic acid groups (broad SMARTS) is 1. The van der Waals surface area contributed by atoms with Gasteiger partial charge < -0.3 is 10.0 Å². The number of aliphatic carboxylic acids is 1. The molecule has 0 saturated carbocycles. The molecule has 4 heteroatoms. The predicted octanol–water partition coefficient (Wildman–Crippen LogP) is 4.26. The molecule has 4 nitrogen and oxygen atoms in total. The van der Waals surface area contributed by atoms with Gasteiger partial charge in [0.1, 0.15) is 0 Å². The summed E-state index contributed by atoms with van der Waals surface area (Å²) in [6.07, 6.45) is 0. The van der Waals surface area contributed by atoms with E-state index in [0.29, 0.717) is 0 Å². The maximum atomic E-state index is 13.7. The van der Waals surface area contributed by atoms with Crippen LogP contribution in [0.1, 0.15) is 34.1 Å². The summed E-state index contributed by atoms with van der Waals surface area (Å²) in [7, 11) is 1.73. The number of amides is 1. The van der Waals surface area contributed by atoms with Crippen LogP contribution in [0.3, 0.4) is 0 Å². The molecule has 3 aromatic carbocycles. The van der Waals surface area contributed by atoms with Crippen LogP contribution < -0.4 is 4.90 Å². The SMILES string of the molecule is CN(C(=O)[C@H]1C2c3ccccc3C(c3ccccc32)[C@@H]1C(=O)O)c1ccccc1. The molecule has 0 unspecified atom stereocenters. The lowest BCUT2D eigenvalue weighted by atomic mass is 9.54. The summed E-state index contributed by atoms with van der Waals surface area (Å²) in [6, 6.07) is 25.4. The summed E-state index contributed by atoms with van der Waals surface area (Å²) in [5, 5.41) is 10.2. The van der Waals surface area contributed by atoms with Crippen LogP contribution in [-0.4, -0.2) is 24.0 Å². The Hall–Kier alpha value is -3.40. The zero-order chi connectivity index (χ0) is 20.1. The van der Waals surface area contributed by atoms with Crippen LogP contribution in [0.15, 0.2) is 78.9 Å². The number of carbonyl (C=O) groups excluding carboxylic acids is 1. The van der Waals surface area contributed by atoms with Gasteiger partial charge in [-0.05, 0) is 34.4 Å². The van der Waals surface area contributed by atoms with E-state index in [1.165, 1.54) is 0 Å². The van der Waals surface area contributed by atoms with Crippen molar-refractivity contribution in [2.24, 2.45) is 11.8 Å². The fraction of sp³-hybridized carbons (Fsp3) is 0.200. The minimum Gasteiger partial charge on any atom is -0.481 e. The molecule has 0 spiro atoms. The zero-order valence-corrected chi connectivity index (χ0v) is 16.0. The minimum atomic E-state index is -0.913. The summed E-state index contributed by atoms with van der Waals surface area (Å²) < 4.78 is 0. The van der Waals surface area contributed by atoms with Gasteiger partial charge in [0.05, 0.1) is 11.8 Å². The number of para-hydroxylation sites is 1. The zero-order valence-electron chi connectivity index (χ0n) is 16.0. The lowest BCUT2D eigenvalue weighted by molar-refractivity contribution is -0.148. The Kier molecular flexibility index (Phi) is 4.02. The molecule has 0 saturated heterocycles. The molecular weight excluding hydrogens is 362 g/mol. The largest absolute Gasteiger partial charge is 0.481 e. The molecule has 29 heavy (non-hydrogen) atoms. The van der Waals surface area contributed by atoms with Crippen LogP contribution >= 0.6 is 0 Å². The number of hydrogen-bond donors (Lipinski definition) is 1. The molecule has 1 N–H and O–H groups in total. The van der Waals surface area contributed by atoms with Crippen molar-refractivity contribution in [3.8, 4) is 0 Å². The standard InChI is InChI=1S/C25H21NO3/c1-26(15-9-3-2-4-10-15)24(27)22-20-16-11-5-7-13-18(16)21(23(22)25(28)29)19-14-8-6-12-17(19)20/h2-14,20-23H,1H3,(H,28,29)/t20?,21?,22-,23-/m0/s1. The molecule has 3 aliphatic rings. The van der Waals surface area contributed by atoms with Gasteiger partial charge in [0.2, 0.25) is 5.91 Å². The molecule has 3 aliphatic carbocycles. The third-order valence-electron chi connectivity index (χ3n) is 6.48. The normalized spacial score (nSPS) is 23.8. The Morgan fingerprint density at radius 3 is 1.55 bits per heavy atom. The van der Waals surface area contributed by atoms with Crippen LogP contribution in [0.2, 0.25) is 0 Å². The lowest BCUT2D eigenvalue weighted by Gasteiger charge is -2.49. The molecule has 0 radical (unpaired) electrons. The van der Waals surface area contributed by atoms with E-state index in [9.17, 15) is 14.7 Å². The number of carbonyl (C=O) groups is 2. The fourth-order valence-electron chi connectivity index (χ4n) is 5.27. The van der Waals surface area contributed by atoms with Gasteiger partial charge in [0.25, 0.3) is 0 Å². The number of anilines is 1. The third-order valence-corrected chi connectivity index (χ3v) is 6.48. The first-order valence-corrected chi connectivity index (χ1v) is 9.82. The van der Waals surface area contributed by atoms with Crippen molar-refractivity contribution in [2.75, 3.05) is 11.9 Å². The van der Waals surface area contributed by atoms with Gasteiger partial charge >= 0.3 is 5.97 Å². The van der Waals surface area contributed by atoms with Crippen LogP contribution in [0.5, 0.6) is 0 Å². The third kappa shape index (κ3) is 2.52. The van der Waals surface area contributed by atoms with Crippen molar-refractivity contribution in [2.45, 2.75) is 11.8 Å². The molecule has 1 amide bonds. The maximum absolute atomic E-state index is 13.7. The first kappa shape index (κ1) is 17.7. The van der Waals surface area contributed by atoms with E-state index in [4.69, 9.17) is 0 Å². The summed E-state index contributed by atoms with van der Waals surface area (Å²) in [4.78, 5) is 27.8. The number of nitrogens with zero attached hydrogens (tertiary/aromatic N) is 1. The number of carboxylic acids is 1. The number of hydrogen-bond acceptors (Lipinski definition) is 2. The number of fused-ring (bicyclic) bond motifs is 1. The monoisotopic (exact) mass is 383 g/mol. The average molecular weight is 383 g/mol. The van der Waals surface area contributed by atoms with Gasteiger partial charge in [0, 0.05) is 24.6 Å². The molecule has 0 heterocycles. The molecule has 144 valence electrons. The van der Waals surface area contributed by atoms with Gasteiger partial charge in [-0.15, -0.1) is 0 Å². The van der Waals surface area contributed by atoms with Crippen molar-refractivity contribution in [1.29, 1.82) is 0 Å². The van der Waals surface area contributed by atoms with Crippen molar-refractivity contribution < 1.29 is 14.7 Å². The highest BCUT2D eigenvalue weighted by atomic mass is 16.4. The molecule has 2 bridgehead atoms. The lowest BCUT2D eigenvalue weighted by Crippen LogP contribution is -2.50. The van der Waals surface area contributed by atoms with Crippen molar-refractivity contribution in [3.63, 3.8) is 0 Å². The molecule has 0 aliphatic heterocycles. The van der Waals surface area contributed by atoms with Crippen LogP contribution in [-0.2, 0) is 9.59 Å². The predicted molar refractivity (Wildman–Crippen MR) is 111 cm³/mol. The number of benzene rings is 3. The second-order valence-electron chi connectivity index (χ2n) is 7.84. The highest BCUT2D eigenvalue weighted by Crippen LogP contribution is 2.58. The van der Waals surface area contributed by atoms with E-state index < -0.39 is 17.8 Å². The topological polar surface area (TPSA) is 57.6 Å². The van der Waals surface area contributed by atoms with E-state index in [1.54, 1.807) is 11.9 Å². The second-order valence-corrected chi connectivity index (χ2v) is 7.84. The molecule has 2 atom stereocenters. The quantitative estimate of drug-likeness (QED) is 0.735. The van der Waals surface area contributed by atoms with E-state index >= 15 is 0 Å². The van der Waals surface area contributed by atoms with E-state index in [-0.39, 0.29) is 17.7 Å². The molecule has 0 fully saturated rings. The second kappa shape index (κ2) is 6.59. The van der Waals surface area contributed by atoms with Crippen molar-refractivity contribution in [1.82, 2.24) is 0 Å². The maximum Gasteiger partial charge on any atom is 0.308 e. The van der Waals surface area contributed by atoms with Crippen molar-refractivity contribution in [3.05, 3.63) is 101 Å². The van der Waals surface area contributed by atoms with Gasteiger partial charge in [0.15, 0.2) is 0 Å². The summed E-state index contributed by atoms with van der Waals surface area (Å²) in [5.41, 5.74) is 5.00. The van der Waals surface area contributed by atoms with Gasteiger partial charge in [-0.2, -0.15) is 0 Å². The average Bonchev–Trinajstić information content (AvgIpc) is 2.78. The highest BCUT2D eigenvalue weighted by molar-refractivity contribution is 5.99. The van der Waals surface area contributed by atoms with Gasteiger partial charge in [-0.1, -0.05) is 66.7 Å². The summed E-state index contributed by atoms with van der Waals surface area (Å²) in [6.45, 7) is 0. The fourth-order valence-corrected chi connectivity index (χ4v) is 5.27. The van der Waals surface area contributed by atoms with Gasteiger partial charge in [-0.3, -0.25) is 9.59 Å². The Morgan fingerprint density at radius 2 is 1.10 bits per heavy atom. The Bertz CT molecular complexity index is 1060. The van der Waals surface area contributed by atoms with E-state index in [1.807, 2.05) is 78.9 Å². The van der Waals surface area contributed by atoms with E-state index in [0.717, 1.165) is 27.9 Å². The van der Waals surface area contributed by atoms with Crippen LogP contribution in [0, 0.1) is 11.8 Å². The minimum absolute atomic E-state index is 0.150. The van der Waals surface area contributed by atoms with E-state index in [2.05, 4.69) is 0 Å². The first-order chi connectivity index (χ1) is 14.1. The Balaban J connectivity index is 1.70. The molecular formula is C25H21NO3. The molecule has 0 aromatic heterocycles.